The van der Waals surface area contributed by atoms with Crippen molar-refractivity contribution < 1.29 is 0 Å². The highest BCUT2D eigenvalue weighted by Crippen LogP contribution is 2.11. The van der Waals surface area contributed by atoms with Crippen LogP contribution in [0, 0.1) is 0 Å². The molecule has 2 heteroatoms. The summed E-state index contributed by atoms with van der Waals surface area (Å²) in [6, 6.07) is 10.5. The number of nitrogens with two attached hydrogens (primary N) is 1. The summed E-state index contributed by atoms with van der Waals surface area (Å²) in [6.45, 7) is 0.760. The van der Waals surface area contributed by atoms with E-state index in [9.17, 15) is 0 Å². The molecule has 1 aromatic rings. The molecule has 1 atom stereocenters. The summed E-state index contributed by atoms with van der Waals surface area (Å²) in [6.07, 6.45) is 3.19. The maximum absolute atomic E-state index is 5.61. The van der Waals surface area contributed by atoms with Gasteiger partial charge in [0.15, 0.2) is 0 Å². The van der Waals surface area contributed by atoms with Crippen LogP contribution >= 0.6 is 11.8 Å². The Morgan fingerprint density at radius 1 is 1.33 bits per heavy atom. The lowest BCUT2D eigenvalue weighted by atomic mass is 10.1. The van der Waals surface area contributed by atoms with Gasteiger partial charge in [-0.1, -0.05) is 30.3 Å². The third-order valence-electron chi connectivity index (χ3n) is 1.90. The Kier molecular flexibility index (Phi) is 4.19. The molecule has 0 aromatic heterocycles. The Morgan fingerprint density at radius 3 is 2.50 bits per heavy atom. The normalized spacial score (nSPS) is 12.8. The van der Waals surface area contributed by atoms with Gasteiger partial charge in [0, 0.05) is 11.8 Å². The van der Waals surface area contributed by atoms with Crippen molar-refractivity contribution in [3.05, 3.63) is 35.9 Å². The fourth-order valence-electron chi connectivity index (χ4n) is 1.14. The molecule has 1 nitrogen and oxygen atoms in total. The highest BCUT2D eigenvalue weighted by molar-refractivity contribution is 7.99. The number of rotatable bonds is 4. The van der Waals surface area contributed by atoms with Crippen molar-refractivity contribution in [3.8, 4) is 0 Å². The van der Waals surface area contributed by atoms with E-state index in [2.05, 4.69) is 30.5 Å². The molecule has 2 N–H and O–H groups in total. The molecule has 0 bridgehead atoms. The molecule has 12 heavy (non-hydrogen) atoms. The minimum Gasteiger partial charge on any atom is -0.329 e. The van der Waals surface area contributed by atoms with Gasteiger partial charge < -0.3 is 5.73 Å². The van der Waals surface area contributed by atoms with Gasteiger partial charge >= 0.3 is 0 Å². The smallest absolute Gasteiger partial charge is 0.0207 e. The van der Waals surface area contributed by atoms with Crippen LogP contribution in [0.2, 0.25) is 0 Å². The van der Waals surface area contributed by atoms with Crippen LogP contribution in [0.25, 0.3) is 0 Å². The summed E-state index contributed by atoms with van der Waals surface area (Å²) < 4.78 is 0. The summed E-state index contributed by atoms with van der Waals surface area (Å²) in [7, 11) is 0. The van der Waals surface area contributed by atoms with Crippen LogP contribution in [0.5, 0.6) is 0 Å². The Bertz CT molecular complexity index is 206. The van der Waals surface area contributed by atoms with E-state index >= 15 is 0 Å². The van der Waals surface area contributed by atoms with E-state index in [0.29, 0.717) is 5.25 Å². The number of benzene rings is 1. The highest BCUT2D eigenvalue weighted by Gasteiger charge is 2.04. The van der Waals surface area contributed by atoms with Gasteiger partial charge in [0.25, 0.3) is 0 Å². The van der Waals surface area contributed by atoms with Gasteiger partial charge in [-0.3, -0.25) is 0 Å². The van der Waals surface area contributed by atoms with Crippen LogP contribution in [0.1, 0.15) is 5.56 Å². The molecule has 1 rings (SSSR count). The topological polar surface area (TPSA) is 26.0 Å². The van der Waals surface area contributed by atoms with Crippen molar-refractivity contribution in [1.29, 1.82) is 0 Å². The molecule has 0 saturated carbocycles. The van der Waals surface area contributed by atoms with Gasteiger partial charge in [0.2, 0.25) is 0 Å². The van der Waals surface area contributed by atoms with E-state index in [1.807, 2.05) is 17.8 Å². The zero-order valence-corrected chi connectivity index (χ0v) is 8.18. The van der Waals surface area contributed by atoms with Crippen LogP contribution < -0.4 is 5.73 Å². The minimum absolute atomic E-state index is 0.562. The third-order valence-corrected chi connectivity index (χ3v) is 2.93. The summed E-state index contributed by atoms with van der Waals surface area (Å²) in [5, 5.41) is 0.562. The average Bonchev–Trinajstić information content (AvgIpc) is 2.16. The first-order chi connectivity index (χ1) is 5.86. The maximum atomic E-state index is 5.61. The zero-order chi connectivity index (χ0) is 8.81. The van der Waals surface area contributed by atoms with Gasteiger partial charge in [-0.05, 0) is 18.2 Å². The fraction of sp³-hybridized carbons (Fsp3) is 0.400. The van der Waals surface area contributed by atoms with Crippen molar-refractivity contribution in [2.75, 3.05) is 12.8 Å². The number of hydrogen-bond acceptors (Lipinski definition) is 2. The van der Waals surface area contributed by atoms with Gasteiger partial charge in [-0.25, -0.2) is 0 Å². The van der Waals surface area contributed by atoms with Crippen molar-refractivity contribution in [3.63, 3.8) is 0 Å². The molecule has 0 saturated heterocycles. The first-order valence-corrected chi connectivity index (χ1v) is 5.42. The van der Waals surface area contributed by atoms with Crippen LogP contribution in [-0.4, -0.2) is 18.1 Å². The molecule has 0 heterocycles. The summed E-state index contributed by atoms with van der Waals surface area (Å²) in [5.74, 6) is 0. The van der Waals surface area contributed by atoms with Gasteiger partial charge in [0.05, 0.1) is 0 Å². The lowest BCUT2D eigenvalue weighted by Crippen LogP contribution is -2.18. The monoisotopic (exact) mass is 181 g/mol. The average molecular weight is 181 g/mol. The molecule has 0 amide bonds. The van der Waals surface area contributed by atoms with Crippen LogP contribution in [0.4, 0.5) is 0 Å². The Labute approximate surface area is 78.4 Å². The molecule has 1 aromatic carbocycles. The summed E-state index contributed by atoms with van der Waals surface area (Å²) in [4.78, 5) is 0. The molecule has 0 aliphatic carbocycles. The van der Waals surface area contributed by atoms with Crippen LogP contribution in [0.15, 0.2) is 30.3 Å². The van der Waals surface area contributed by atoms with Crippen LogP contribution in [0.3, 0.4) is 0 Å². The summed E-state index contributed by atoms with van der Waals surface area (Å²) >= 11 is 1.84. The SMILES string of the molecule is CSC(CN)Cc1ccccc1. The van der Waals surface area contributed by atoms with Gasteiger partial charge in [-0.15, -0.1) is 0 Å². The number of hydrogen-bond donors (Lipinski definition) is 1. The molecule has 0 fully saturated rings. The third kappa shape index (κ3) is 2.88. The first-order valence-electron chi connectivity index (χ1n) is 4.13. The highest BCUT2D eigenvalue weighted by atomic mass is 32.2. The molecule has 0 radical (unpaired) electrons. The predicted molar refractivity (Wildman–Crippen MR) is 56.5 cm³/mol. The van der Waals surface area contributed by atoms with E-state index in [-0.39, 0.29) is 0 Å². The molecule has 0 spiro atoms. The standard InChI is InChI=1S/C10H15NS/c1-12-10(8-11)7-9-5-3-2-4-6-9/h2-6,10H,7-8,11H2,1H3. The van der Waals surface area contributed by atoms with Crippen molar-refractivity contribution in [2.24, 2.45) is 5.73 Å². The predicted octanol–water partition coefficient (Wildman–Crippen LogP) is 1.92. The molecule has 0 aliphatic heterocycles. The van der Waals surface area contributed by atoms with Gasteiger partial charge in [-0.2, -0.15) is 11.8 Å². The van der Waals surface area contributed by atoms with Crippen molar-refractivity contribution in [2.45, 2.75) is 11.7 Å². The van der Waals surface area contributed by atoms with Crippen molar-refractivity contribution >= 4 is 11.8 Å². The molecular weight excluding hydrogens is 166 g/mol. The van der Waals surface area contributed by atoms with E-state index in [4.69, 9.17) is 5.73 Å². The van der Waals surface area contributed by atoms with E-state index in [1.54, 1.807) is 0 Å². The Morgan fingerprint density at radius 2 is 2.00 bits per heavy atom. The van der Waals surface area contributed by atoms with E-state index in [0.717, 1.165) is 13.0 Å². The Hall–Kier alpha value is -0.470. The molecule has 66 valence electrons. The van der Waals surface area contributed by atoms with E-state index < -0.39 is 0 Å². The number of thioether (sulfide) groups is 1. The Balaban J connectivity index is 2.51. The molecule has 1 unspecified atom stereocenters. The quantitative estimate of drug-likeness (QED) is 0.768. The molecular formula is C10H15NS. The minimum atomic E-state index is 0.562. The lowest BCUT2D eigenvalue weighted by Gasteiger charge is -2.10. The largest absolute Gasteiger partial charge is 0.329 e. The van der Waals surface area contributed by atoms with E-state index in [1.165, 1.54) is 5.56 Å². The lowest BCUT2D eigenvalue weighted by molar-refractivity contribution is 0.855. The van der Waals surface area contributed by atoms with Gasteiger partial charge in [0.1, 0.15) is 0 Å². The molecule has 0 aliphatic rings. The van der Waals surface area contributed by atoms with Crippen LogP contribution in [-0.2, 0) is 6.42 Å². The second kappa shape index (κ2) is 5.22. The summed E-state index contributed by atoms with van der Waals surface area (Å²) in [5.41, 5.74) is 6.99. The first kappa shape index (κ1) is 9.62. The fourth-order valence-corrected chi connectivity index (χ4v) is 1.69. The second-order valence-corrected chi connectivity index (χ2v) is 3.92. The maximum Gasteiger partial charge on any atom is 0.0207 e. The van der Waals surface area contributed by atoms with Crippen molar-refractivity contribution in [1.82, 2.24) is 0 Å². The zero-order valence-electron chi connectivity index (χ0n) is 7.36. The second-order valence-electron chi connectivity index (χ2n) is 2.78.